The molecule has 1 N–H and O–H groups in total. The van der Waals surface area contributed by atoms with Crippen LogP contribution in [-0.4, -0.2) is 30.8 Å². The van der Waals surface area contributed by atoms with E-state index >= 15 is 0 Å². The van der Waals surface area contributed by atoms with Crippen molar-refractivity contribution in [1.29, 1.82) is 5.26 Å². The Hall–Kier alpha value is -3.50. The number of amides is 1. The molecule has 0 fully saturated rings. The standard InChI is InChI=1S/C28H30N2O4/c1-22(31)30-26(17-29)28(34-20-25-15-9-4-10-16-25)27(33-19-24-13-7-3-8-14-24)21-32-18-23-11-5-2-6-12-23/h2-16,26-28H,18-21H2,1H3,(H,30,31)/t26-,27-,28+/m1/s1. The van der Waals surface area contributed by atoms with E-state index in [0.717, 1.165) is 16.7 Å². The van der Waals surface area contributed by atoms with Gasteiger partial charge in [-0.05, 0) is 16.7 Å². The first-order valence-electron chi connectivity index (χ1n) is 11.2. The lowest BCUT2D eigenvalue weighted by Gasteiger charge is -2.31. The highest BCUT2D eigenvalue weighted by Gasteiger charge is 2.33. The van der Waals surface area contributed by atoms with Crippen molar-refractivity contribution < 1.29 is 19.0 Å². The summed E-state index contributed by atoms with van der Waals surface area (Å²) < 4.78 is 18.4. The van der Waals surface area contributed by atoms with Crippen molar-refractivity contribution in [3.05, 3.63) is 108 Å². The SMILES string of the molecule is CC(=O)N[C@H](C#N)[C@H](OCc1ccccc1)[C@@H](COCc1ccccc1)OCc1ccccc1. The van der Waals surface area contributed by atoms with Crippen LogP contribution in [0.1, 0.15) is 23.6 Å². The van der Waals surface area contributed by atoms with Gasteiger partial charge in [0.2, 0.25) is 5.91 Å². The van der Waals surface area contributed by atoms with E-state index in [1.807, 2.05) is 91.0 Å². The Balaban J connectivity index is 1.77. The van der Waals surface area contributed by atoms with E-state index in [-0.39, 0.29) is 19.1 Å². The lowest BCUT2D eigenvalue weighted by Crippen LogP contribution is -2.50. The van der Waals surface area contributed by atoms with Gasteiger partial charge in [-0.3, -0.25) is 4.79 Å². The smallest absolute Gasteiger partial charge is 0.217 e. The number of carbonyl (C=O) groups excluding carboxylic acids is 1. The van der Waals surface area contributed by atoms with E-state index in [2.05, 4.69) is 11.4 Å². The summed E-state index contributed by atoms with van der Waals surface area (Å²) in [7, 11) is 0. The molecule has 6 heteroatoms. The van der Waals surface area contributed by atoms with Crippen LogP contribution >= 0.6 is 0 Å². The molecule has 1 amide bonds. The minimum atomic E-state index is -0.901. The Labute approximate surface area is 201 Å². The van der Waals surface area contributed by atoms with Crippen molar-refractivity contribution in [3.8, 4) is 6.07 Å². The number of carbonyl (C=O) groups is 1. The third-order valence-electron chi connectivity index (χ3n) is 5.18. The summed E-state index contributed by atoms with van der Waals surface area (Å²) in [6.45, 7) is 2.56. The summed E-state index contributed by atoms with van der Waals surface area (Å²) in [5.74, 6) is -0.313. The highest BCUT2D eigenvalue weighted by atomic mass is 16.6. The predicted octanol–water partition coefficient (Wildman–Crippen LogP) is 4.40. The number of nitrogens with one attached hydrogen (secondary N) is 1. The van der Waals surface area contributed by atoms with Crippen LogP contribution in [0.2, 0.25) is 0 Å². The van der Waals surface area contributed by atoms with Gasteiger partial charge < -0.3 is 19.5 Å². The zero-order valence-corrected chi connectivity index (χ0v) is 19.3. The van der Waals surface area contributed by atoms with Crippen LogP contribution in [0, 0.1) is 11.3 Å². The lowest BCUT2D eigenvalue weighted by atomic mass is 10.1. The molecular weight excluding hydrogens is 428 g/mol. The number of nitriles is 1. The maximum absolute atomic E-state index is 11.8. The normalized spacial score (nSPS) is 13.4. The highest BCUT2D eigenvalue weighted by Crippen LogP contribution is 2.17. The summed E-state index contributed by atoms with van der Waals surface area (Å²) in [4.78, 5) is 11.8. The molecule has 0 aromatic heterocycles. The van der Waals surface area contributed by atoms with Crippen LogP contribution < -0.4 is 5.32 Å². The van der Waals surface area contributed by atoms with Crippen molar-refractivity contribution in [2.75, 3.05) is 6.61 Å². The zero-order chi connectivity index (χ0) is 24.0. The minimum absolute atomic E-state index is 0.193. The van der Waals surface area contributed by atoms with Gasteiger partial charge in [-0.2, -0.15) is 5.26 Å². The molecule has 0 saturated carbocycles. The molecule has 0 saturated heterocycles. The van der Waals surface area contributed by atoms with Crippen LogP contribution in [0.4, 0.5) is 0 Å². The molecule has 34 heavy (non-hydrogen) atoms. The molecule has 3 aromatic carbocycles. The zero-order valence-electron chi connectivity index (χ0n) is 19.3. The summed E-state index contributed by atoms with van der Waals surface area (Å²) in [5.41, 5.74) is 2.98. The maximum atomic E-state index is 11.8. The second kappa shape index (κ2) is 13.9. The second-order valence-corrected chi connectivity index (χ2v) is 7.90. The van der Waals surface area contributed by atoms with Gasteiger partial charge in [0, 0.05) is 6.92 Å². The molecule has 0 radical (unpaired) electrons. The molecule has 3 atom stereocenters. The first-order chi connectivity index (χ1) is 16.7. The van der Waals surface area contributed by atoms with Crippen molar-refractivity contribution in [2.45, 2.75) is 45.0 Å². The Morgan fingerprint density at radius 3 is 1.74 bits per heavy atom. The summed E-state index contributed by atoms with van der Waals surface area (Å²) in [6, 6.07) is 30.5. The van der Waals surface area contributed by atoms with Crippen LogP contribution in [0.5, 0.6) is 0 Å². The molecule has 0 aliphatic carbocycles. The van der Waals surface area contributed by atoms with Gasteiger partial charge >= 0.3 is 0 Å². The Morgan fingerprint density at radius 1 is 0.794 bits per heavy atom. The van der Waals surface area contributed by atoms with Crippen LogP contribution in [0.25, 0.3) is 0 Å². The van der Waals surface area contributed by atoms with Gasteiger partial charge in [-0.25, -0.2) is 0 Å². The van der Waals surface area contributed by atoms with E-state index in [4.69, 9.17) is 14.2 Å². The van der Waals surface area contributed by atoms with E-state index in [9.17, 15) is 10.1 Å². The fourth-order valence-electron chi connectivity index (χ4n) is 3.47. The molecular formula is C28H30N2O4. The number of benzene rings is 3. The van der Waals surface area contributed by atoms with Crippen molar-refractivity contribution in [3.63, 3.8) is 0 Å². The van der Waals surface area contributed by atoms with Crippen LogP contribution in [-0.2, 0) is 38.8 Å². The third kappa shape index (κ3) is 8.45. The topological polar surface area (TPSA) is 80.6 Å². The van der Waals surface area contributed by atoms with Gasteiger partial charge in [0.15, 0.2) is 0 Å². The highest BCUT2D eigenvalue weighted by molar-refractivity contribution is 5.73. The number of hydrogen-bond acceptors (Lipinski definition) is 5. The monoisotopic (exact) mass is 458 g/mol. The van der Waals surface area contributed by atoms with E-state index in [0.29, 0.717) is 13.2 Å². The first-order valence-corrected chi connectivity index (χ1v) is 11.2. The fraction of sp³-hybridized carbons (Fsp3) is 0.286. The minimum Gasteiger partial charge on any atom is -0.374 e. The molecule has 3 aromatic rings. The van der Waals surface area contributed by atoms with E-state index in [1.165, 1.54) is 6.92 Å². The van der Waals surface area contributed by atoms with Gasteiger partial charge in [-0.1, -0.05) is 91.0 Å². The predicted molar refractivity (Wildman–Crippen MR) is 129 cm³/mol. The summed E-state index contributed by atoms with van der Waals surface area (Å²) >= 11 is 0. The van der Waals surface area contributed by atoms with Gasteiger partial charge in [0.05, 0.1) is 32.5 Å². The summed E-state index contributed by atoms with van der Waals surface area (Å²) in [6.07, 6.45) is -1.34. The molecule has 0 aliphatic heterocycles. The largest absolute Gasteiger partial charge is 0.374 e. The number of ether oxygens (including phenoxy) is 3. The Morgan fingerprint density at radius 2 is 1.26 bits per heavy atom. The quantitative estimate of drug-likeness (QED) is 0.411. The van der Waals surface area contributed by atoms with Gasteiger partial charge in [0.25, 0.3) is 0 Å². The molecule has 0 unspecified atom stereocenters. The van der Waals surface area contributed by atoms with Crippen molar-refractivity contribution in [2.24, 2.45) is 0 Å². The number of hydrogen-bond donors (Lipinski definition) is 1. The number of nitrogens with zero attached hydrogens (tertiary/aromatic N) is 1. The molecule has 6 nitrogen and oxygen atoms in total. The molecule has 0 bridgehead atoms. The first kappa shape index (κ1) is 25.1. The second-order valence-electron chi connectivity index (χ2n) is 7.90. The average Bonchev–Trinajstić information content (AvgIpc) is 2.87. The molecule has 176 valence electrons. The fourth-order valence-corrected chi connectivity index (χ4v) is 3.47. The van der Waals surface area contributed by atoms with Crippen LogP contribution in [0.15, 0.2) is 91.0 Å². The van der Waals surface area contributed by atoms with Crippen molar-refractivity contribution in [1.82, 2.24) is 5.32 Å². The summed E-state index contributed by atoms with van der Waals surface area (Å²) in [5, 5.41) is 12.5. The number of rotatable bonds is 13. The molecule has 3 rings (SSSR count). The molecule has 0 spiro atoms. The molecule has 0 aliphatic rings. The van der Waals surface area contributed by atoms with Gasteiger partial charge in [-0.15, -0.1) is 0 Å². The van der Waals surface area contributed by atoms with E-state index in [1.54, 1.807) is 0 Å². The Kier molecular flexibility index (Phi) is 10.3. The Bertz CT molecular complexity index is 1020. The average molecular weight is 459 g/mol. The third-order valence-corrected chi connectivity index (χ3v) is 5.18. The van der Waals surface area contributed by atoms with Gasteiger partial charge in [0.1, 0.15) is 18.2 Å². The molecule has 0 heterocycles. The maximum Gasteiger partial charge on any atom is 0.217 e. The van der Waals surface area contributed by atoms with Crippen LogP contribution in [0.3, 0.4) is 0 Å². The lowest BCUT2D eigenvalue weighted by molar-refractivity contribution is -0.131. The van der Waals surface area contributed by atoms with Crippen molar-refractivity contribution >= 4 is 5.91 Å². The van der Waals surface area contributed by atoms with E-state index < -0.39 is 18.2 Å².